The Morgan fingerprint density at radius 1 is 1.42 bits per heavy atom. The lowest BCUT2D eigenvalue weighted by atomic mass is 10.1. The van der Waals surface area contributed by atoms with E-state index in [0.717, 1.165) is 12.8 Å². The van der Waals surface area contributed by atoms with E-state index in [4.69, 9.17) is 16.3 Å². The lowest BCUT2D eigenvalue weighted by molar-refractivity contribution is -0.120. The molecule has 2 N–H and O–H groups in total. The first-order valence-corrected chi connectivity index (χ1v) is 6.59. The molecule has 0 spiro atoms. The highest BCUT2D eigenvalue weighted by Gasteiger charge is 2.15. The van der Waals surface area contributed by atoms with Crippen molar-refractivity contribution in [3.63, 3.8) is 0 Å². The molecule has 0 aliphatic carbocycles. The maximum Gasteiger partial charge on any atom is 0.239 e. The van der Waals surface area contributed by atoms with Crippen molar-refractivity contribution < 1.29 is 13.9 Å². The lowest BCUT2D eigenvalue weighted by Crippen LogP contribution is -2.41. The van der Waals surface area contributed by atoms with Crippen LogP contribution in [0.25, 0.3) is 0 Å². The fraction of sp³-hybridized carbons (Fsp3) is 0.462. The van der Waals surface area contributed by atoms with Crippen molar-refractivity contribution in [3.8, 4) is 0 Å². The molecule has 1 aromatic rings. The Labute approximate surface area is 116 Å². The van der Waals surface area contributed by atoms with Gasteiger partial charge in [0.15, 0.2) is 0 Å². The van der Waals surface area contributed by atoms with Crippen LogP contribution in [-0.4, -0.2) is 31.7 Å². The first-order chi connectivity index (χ1) is 9.15. The summed E-state index contributed by atoms with van der Waals surface area (Å²) in [5.41, 5.74) is 0.270. The van der Waals surface area contributed by atoms with E-state index < -0.39 is 5.82 Å². The van der Waals surface area contributed by atoms with Gasteiger partial charge >= 0.3 is 0 Å². The van der Waals surface area contributed by atoms with Crippen LogP contribution in [0.15, 0.2) is 18.2 Å². The van der Waals surface area contributed by atoms with E-state index in [1.807, 2.05) is 0 Å². The van der Waals surface area contributed by atoms with Gasteiger partial charge in [0.2, 0.25) is 5.91 Å². The SMILES string of the molecule is O=C(CNc1ccc(Cl)cc1F)NC1CCOCC1. The molecule has 0 bridgehead atoms. The number of halogens is 2. The van der Waals surface area contributed by atoms with Gasteiger partial charge in [0, 0.05) is 24.3 Å². The smallest absolute Gasteiger partial charge is 0.239 e. The van der Waals surface area contributed by atoms with Crippen LogP contribution < -0.4 is 10.6 Å². The average molecular weight is 287 g/mol. The molecular formula is C13H16ClFN2O2. The predicted octanol–water partition coefficient (Wildman–Crippen LogP) is 2.19. The Kier molecular flexibility index (Phi) is 4.99. The first kappa shape index (κ1) is 14.1. The summed E-state index contributed by atoms with van der Waals surface area (Å²) in [7, 11) is 0. The van der Waals surface area contributed by atoms with E-state index >= 15 is 0 Å². The van der Waals surface area contributed by atoms with Crippen LogP contribution in [0.2, 0.25) is 5.02 Å². The molecule has 0 unspecified atom stereocenters. The fourth-order valence-electron chi connectivity index (χ4n) is 1.93. The molecule has 19 heavy (non-hydrogen) atoms. The molecule has 0 radical (unpaired) electrons. The second-order valence-corrected chi connectivity index (χ2v) is 4.87. The zero-order valence-electron chi connectivity index (χ0n) is 10.4. The summed E-state index contributed by atoms with van der Waals surface area (Å²) in [6.07, 6.45) is 1.64. The van der Waals surface area contributed by atoms with Crippen molar-refractivity contribution in [1.29, 1.82) is 0 Å². The molecule has 2 rings (SSSR count). The van der Waals surface area contributed by atoms with E-state index in [-0.39, 0.29) is 24.2 Å². The van der Waals surface area contributed by atoms with Crippen LogP contribution in [0.1, 0.15) is 12.8 Å². The number of hydrogen-bond acceptors (Lipinski definition) is 3. The van der Waals surface area contributed by atoms with E-state index in [1.165, 1.54) is 12.1 Å². The van der Waals surface area contributed by atoms with Gasteiger partial charge in [0.1, 0.15) is 5.82 Å². The Balaban J connectivity index is 1.79. The molecule has 1 heterocycles. The summed E-state index contributed by atoms with van der Waals surface area (Å²) < 4.78 is 18.7. The van der Waals surface area contributed by atoms with E-state index in [2.05, 4.69) is 10.6 Å². The average Bonchev–Trinajstić information content (AvgIpc) is 2.39. The van der Waals surface area contributed by atoms with Gasteiger partial charge in [0.25, 0.3) is 0 Å². The van der Waals surface area contributed by atoms with Crippen molar-refractivity contribution in [2.75, 3.05) is 25.1 Å². The Morgan fingerprint density at radius 2 is 2.16 bits per heavy atom. The van der Waals surface area contributed by atoms with Crippen LogP contribution in [0.4, 0.5) is 10.1 Å². The topological polar surface area (TPSA) is 50.4 Å². The van der Waals surface area contributed by atoms with Crippen LogP contribution >= 0.6 is 11.6 Å². The third kappa shape index (κ3) is 4.36. The number of ether oxygens (including phenoxy) is 1. The van der Waals surface area contributed by atoms with E-state index in [0.29, 0.717) is 18.2 Å². The summed E-state index contributed by atoms with van der Waals surface area (Å²) >= 11 is 5.65. The Hall–Kier alpha value is -1.33. The second-order valence-electron chi connectivity index (χ2n) is 4.43. The highest BCUT2D eigenvalue weighted by atomic mass is 35.5. The molecule has 0 atom stereocenters. The van der Waals surface area contributed by atoms with Gasteiger partial charge in [0.05, 0.1) is 12.2 Å². The standard InChI is InChI=1S/C13H16ClFN2O2/c14-9-1-2-12(11(15)7-9)16-8-13(18)17-10-3-5-19-6-4-10/h1-2,7,10,16H,3-6,8H2,(H,17,18). The number of rotatable bonds is 4. The summed E-state index contributed by atoms with van der Waals surface area (Å²) in [6, 6.07) is 4.45. The molecule has 0 aromatic heterocycles. The lowest BCUT2D eigenvalue weighted by Gasteiger charge is -2.23. The zero-order valence-corrected chi connectivity index (χ0v) is 11.2. The second kappa shape index (κ2) is 6.73. The van der Waals surface area contributed by atoms with Gasteiger partial charge in [-0.3, -0.25) is 4.79 Å². The maximum atomic E-state index is 13.5. The van der Waals surface area contributed by atoms with Crippen molar-refractivity contribution >= 4 is 23.2 Å². The molecule has 1 fully saturated rings. The number of amides is 1. The Bertz CT molecular complexity index is 450. The molecule has 1 amide bonds. The predicted molar refractivity (Wildman–Crippen MR) is 71.9 cm³/mol. The van der Waals surface area contributed by atoms with Crippen molar-refractivity contribution in [2.24, 2.45) is 0 Å². The highest BCUT2D eigenvalue weighted by Crippen LogP contribution is 2.18. The number of carbonyl (C=O) groups excluding carboxylic acids is 1. The quantitative estimate of drug-likeness (QED) is 0.892. The van der Waals surface area contributed by atoms with Gasteiger partial charge in [-0.05, 0) is 31.0 Å². The third-order valence-electron chi connectivity index (χ3n) is 2.96. The molecular weight excluding hydrogens is 271 g/mol. The minimum atomic E-state index is -0.466. The summed E-state index contributed by atoms with van der Waals surface area (Å²) in [5.74, 6) is -0.618. The van der Waals surface area contributed by atoms with E-state index in [1.54, 1.807) is 6.07 Å². The zero-order chi connectivity index (χ0) is 13.7. The molecule has 1 aliphatic rings. The van der Waals surface area contributed by atoms with Gasteiger partial charge in [-0.15, -0.1) is 0 Å². The minimum absolute atomic E-state index is 0.0376. The van der Waals surface area contributed by atoms with Gasteiger partial charge in [-0.1, -0.05) is 11.6 Å². The first-order valence-electron chi connectivity index (χ1n) is 6.21. The number of carbonyl (C=O) groups is 1. The van der Waals surface area contributed by atoms with Gasteiger partial charge in [-0.2, -0.15) is 0 Å². The van der Waals surface area contributed by atoms with Gasteiger partial charge < -0.3 is 15.4 Å². The number of hydrogen-bond donors (Lipinski definition) is 2. The number of benzene rings is 1. The van der Waals surface area contributed by atoms with Crippen molar-refractivity contribution in [2.45, 2.75) is 18.9 Å². The molecule has 1 aromatic carbocycles. The molecule has 104 valence electrons. The summed E-state index contributed by atoms with van der Waals surface area (Å²) in [4.78, 5) is 11.7. The number of anilines is 1. The molecule has 0 saturated carbocycles. The van der Waals surface area contributed by atoms with Gasteiger partial charge in [-0.25, -0.2) is 4.39 Å². The van der Waals surface area contributed by atoms with Crippen molar-refractivity contribution in [3.05, 3.63) is 29.0 Å². The highest BCUT2D eigenvalue weighted by molar-refractivity contribution is 6.30. The van der Waals surface area contributed by atoms with Crippen LogP contribution in [0.5, 0.6) is 0 Å². The minimum Gasteiger partial charge on any atom is -0.381 e. The van der Waals surface area contributed by atoms with Crippen LogP contribution in [0, 0.1) is 5.82 Å². The van der Waals surface area contributed by atoms with E-state index in [9.17, 15) is 9.18 Å². The van der Waals surface area contributed by atoms with Crippen LogP contribution in [-0.2, 0) is 9.53 Å². The largest absolute Gasteiger partial charge is 0.381 e. The van der Waals surface area contributed by atoms with Crippen molar-refractivity contribution in [1.82, 2.24) is 5.32 Å². The number of nitrogens with one attached hydrogen (secondary N) is 2. The summed E-state index contributed by atoms with van der Waals surface area (Å²) in [5, 5.41) is 5.97. The monoisotopic (exact) mass is 286 g/mol. The molecule has 6 heteroatoms. The molecule has 4 nitrogen and oxygen atoms in total. The third-order valence-corrected chi connectivity index (χ3v) is 3.19. The fourth-order valence-corrected chi connectivity index (χ4v) is 2.09. The normalized spacial score (nSPS) is 16.1. The maximum absolute atomic E-state index is 13.5. The molecule has 1 aliphatic heterocycles. The molecule has 1 saturated heterocycles. The Morgan fingerprint density at radius 3 is 2.84 bits per heavy atom. The summed E-state index contributed by atoms with van der Waals surface area (Å²) in [6.45, 7) is 1.38. The van der Waals surface area contributed by atoms with Crippen LogP contribution in [0.3, 0.4) is 0 Å².